The maximum atomic E-state index is 12.7. The van der Waals surface area contributed by atoms with Crippen LogP contribution >= 0.6 is 12.4 Å². The van der Waals surface area contributed by atoms with Crippen molar-refractivity contribution >= 4 is 18.3 Å². The molecule has 0 saturated carbocycles. The molecule has 1 amide bonds. The van der Waals surface area contributed by atoms with Gasteiger partial charge >= 0.3 is 0 Å². The molecule has 0 saturated heterocycles. The van der Waals surface area contributed by atoms with Crippen LogP contribution in [0, 0.1) is 11.7 Å². The molecular formula is C15H24ClFN2O2. The fourth-order valence-electron chi connectivity index (χ4n) is 1.59. The summed E-state index contributed by atoms with van der Waals surface area (Å²) in [5.74, 6) is 0.426. The molecule has 0 bridgehead atoms. The Labute approximate surface area is 131 Å². The molecule has 0 fully saturated rings. The van der Waals surface area contributed by atoms with E-state index in [0.717, 1.165) is 6.42 Å². The van der Waals surface area contributed by atoms with E-state index in [2.05, 4.69) is 13.8 Å². The van der Waals surface area contributed by atoms with Gasteiger partial charge in [-0.05, 0) is 36.6 Å². The van der Waals surface area contributed by atoms with Crippen LogP contribution in [-0.4, -0.2) is 37.0 Å². The van der Waals surface area contributed by atoms with E-state index in [1.165, 1.54) is 24.3 Å². The minimum atomic E-state index is -0.330. The maximum Gasteiger partial charge on any atom is 0.260 e. The molecule has 1 unspecified atom stereocenters. The van der Waals surface area contributed by atoms with Crippen LogP contribution < -0.4 is 10.5 Å². The first-order chi connectivity index (χ1) is 9.40. The summed E-state index contributed by atoms with van der Waals surface area (Å²) < 4.78 is 18.0. The Balaban J connectivity index is 0.00000400. The average Bonchev–Trinajstić information content (AvgIpc) is 2.43. The van der Waals surface area contributed by atoms with E-state index >= 15 is 0 Å². The largest absolute Gasteiger partial charge is 0.484 e. The molecule has 0 radical (unpaired) electrons. The van der Waals surface area contributed by atoms with Crippen LogP contribution in [0.2, 0.25) is 0 Å². The highest BCUT2D eigenvalue weighted by molar-refractivity contribution is 5.85. The normalized spacial score (nSPS) is 11.7. The van der Waals surface area contributed by atoms with Gasteiger partial charge in [-0.15, -0.1) is 12.4 Å². The third-order valence-electron chi connectivity index (χ3n) is 3.26. The fraction of sp³-hybridized carbons (Fsp3) is 0.533. The highest BCUT2D eigenvalue weighted by atomic mass is 35.5. The summed E-state index contributed by atoms with van der Waals surface area (Å²) in [6, 6.07) is 5.67. The molecule has 0 heterocycles. The molecular weight excluding hydrogens is 295 g/mol. The Bertz CT molecular complexity index is 426. The quantitative estimate of drug-likeness (QED) is 0.840. The van der Waals surface area contributed by atoms with Crippen LogP contribution in [0.15, 0.2) is 24.3 Å². The highest BCUT2D eigenvalue weighted by Crippen LogP contribution is 2.11. The third kappa shape index (κ3) is 7.29. The van der Waals surface area contributed by atoms with Gasteiger partial charge in [0.1, 0.15) is 11.6 Å². The van der Waals surface area contributed by atoms with Gasteiger partial charge in [0.2, 0.25) is 0 Å². The van der Waals surface area contributed by atoms with Crippen LogP contribution in [0.5, 0.6) is 5.75 Å². The van der Waals surface area contributed by atoms with Gasteiger partial charge in [0.05, 0.1) is 0 Å². The number of nitrogens with two attached hydrogens (primary N) is 1. The van der Waals surface area contributed by atoms with E-state index in [4.69, 9.17) is 10.5 Å². The first kappa shape index (κ1) is 19.7. The van der Waals surface area contributed by atoms with Crippen molar-refractivity contribution in [3.05, 3.63) is 30.1 Å². The smallest absolute Gasteiger partial charge is 0.260 e. The Hall–Kier alpha value is -1.33. The molecule has 1 rings (SSSR count). The second-order valence-electron chi connectivity index (χ2n) is 5.25. The lowest BCUT2D eigenvalue weighted by molar-refractivity contribution is -0.132. The molecule has 120 valence electrons. The summed E-state index contributed by atoms with van der Waals surface area (Å²) in [5, 5.41) is 0. The monoisotopic (exact) mass is 318 g/mol. The van der Waals surface area contributed by atoms with E-state index in [0.29, 0.717) is 18.2 Å². The fourth-order valence-corrected chi connectivity index (χ4v) is 1.59. The molecule has 1 aromatic carbocycles. The second kappa shape index (κ2) is 9.58. The first-order valence-electron chi connectivity index (χ1n) is 6.78. The van der Waals surface area contributed by atoms with Gasteiger partial charge in [-0.2, -0.15) is 0 Å². The van der Waals surface area contributed by atoms with Crippen LogP contribution in [0.25, 0.3) is 0 Å². The van der Waals surface area contributed by atoms with Crippen molar-refractivity contribution in [2.24, 2.45) is 11.7 Å². The summed E-state index contributed by atoms with van der Waals surface area (Å²) in [6.45, 7) is 4.66. The van der Waals surface area contributed by atoms with Crippen molar-refractivity contribution in [3.63, 3.8) is 0 Å². The van der Waals surface area contributed by atoms with Crippen LogP contribution in [0.1, 0.15) is 20.3 Å². The van der Waals surface area contributed by atoms with Crippen molar-refractivity contribution in [3.8, 4) is 5.75 Å². The van der Waals surface area contributed by atoms with E-state index < -0.39 is 0 Å². The Morgan fingerprint density at radius 1 is 1.33 bits per heavy atom. The number of benzene rings is 1. The lowest BCUT2D eigenvalue weighted by Gasteiger charge is -2.21. The predicted octanol–water partition coefficient (Wildman–Crippen LogP) is 2.46. The Morgan fingerprint density at radius 3 is 2.43 bits per heavy atom. The summed E-state index contributed by atoms with van der Waals surface area (Å²) in [4.78, 5) is 13.5. The molecule has 0 aliphatic carbocycles. The molecule has 2 N–H and O–H groups in total. The van der Waals surface area contributed by atoms with Crippen molar-refractivity contribution in [1.29, 1.82) is 0 Å². The molecule has 0 aliphatic heterocycles. The molecule has 6 heteroatoms. The number of hydrogen-bond acceptors (Lipinski definition) is 3. The van der Waals surface area contributed by atoms with Crippen molar-refractivity contribution in [2.45, 2.75) is 26.3 Å². The second-order valence-corrected chi connectivity index (χ2v) is 5.25. The van der Waals surface area contributed by atoms with E-state index in [1.807, 2.05) is 0 Å². The number of halogens is 2. The minimum Gasteiger partial charge on any atom is -0.484 e. The molecule has 4 nitrogen and oxygen atoms in total. The zero-order valence-electron chi connectivity index (χ0n) is 12.7. The maximum absolute atomic E-state index is 12.7. The Morgan fingerprint density at radius 2 is 1.90 bits per heavy atom. The summed E-state index contributed by atoms with van der Waals surface area (Å²) >= 11 is 0. The summed E-state index contributed by atoms with van der Waals surface area (Å²) in [6.07, 6.45) is 0.760. The topological polar surface area (TPSA) is 55.6 Å². The van der Waals surface area contributed by atoms with Crippen LogP contribution in [-0.2, 0) is 4.79 Å². The van der Waals surface area contributed by atoms with Gasteiger partial charge in [0.15, 0.2) is 6.61 Å². The first-order valence-corrected chi connectivity index (χ1v) is 6.78. The third-order valence-corrected chi connectivity index (χ3v) is 3.26. The molecule has 0 spiro atoms. The zero-order valence-corrected chi connectivity index (χ0v) is 13.5. The van der Waals surface area contributed by atoms with E-state index in [1.54, 1.807) is 11.9 Å². The Kier molecular flexibility index (Phi) is 8.97. The lowest BCUT2D eigenvalue weighted by atomic mass is 10.0. The number of nitrogens with zero attached hydrogens (tertiary/aromatic N) is 1. The predicted molar refractivity (Wildman–Crippen MR) is 84.2 cm³/mol. The van der Waals surface area contributed by atoms with Gasteiger partial charge in [-0.1, -0.05) is 13.8 Å². The highest BCUT2D eigenvalue weighted by Gasteiger charge is 2.13. The number of hydrogen-bond donors (Lipinski definition) is 1. The van der Waals surface area contributed by atoms with Crippen LogP contribution in [0.3, 0.4) is 0 Å². The number of amides is 1. The van der Waals surface area contributed by atoms with Crippen molar-refractivity contribution < 1.29 is 13.9 Å². The number of likely N-dealkylation sites (N-methyl/N-ethyl adjacent to an activating group) is 1. The van der Waals surface area contributed by atoms with Gasteiger partial charge in [0, 0.05) is 19.6 Å². The van der Waals surface area contributed by atoms with Gasteiger partial charge in [0.25, 0.3) is 5.91 Å². The number of carbonyl (C=O) groups excluding carboxylic acids is 1. The van der Waals surface area contributed by atoms with Crippen molar-refractivity contribution in [2.75, 3.05) is 20.2 Å². The molecule has 0 aromatic heterocycles. The summed E-state index contributed by atoms with van der Waals surface area (Å²) in [7, 11) is 1.73. The molecule has 1 atom stereocenters. The number of rotatable bonds is 7. The average molecular weight is 319 g/mol. The van der Waals surface area contributed by atoms with Crippen molar-refractivity contribution in [1.82, 2.24) is 4.90 Å². The van der Waals surface area contributed by atoms with E-state index in [9.17, 15) is 9.18 Å². The minimum absolute atomic E-state index is 0. The van der Waals surface area contributed by atoms with Crippen LogP contribution in [0.4, 0.5) is 4.39 Å². The van der Waals surface area contributed by atoms with Gasteiger partial charge in [-0.3, -0.25) is 4.79 Å². The molecule has 0 aliphatic rings. The SMILES string of the molecule is CC(C)C(N)CCN(C)C(=O)COc1ccc(F)cc1.Cl. The van der Waals surface area contributed by atoms with Gasteiger partial charge < -0.3 is 15.4 Å². The molecule has 21 heavy (non-hydrogen) atoms. The lowest BCUT2D eigenvalue weighted by Crippen LogP contribution is -2.36. The standard InChI is InChI=1S/C15H23FN2O2.ClH/c1-11(2)14(17)8-9-18(3)15(19)10-20-13-6-4-12(16)5-7-13;/h4-7,11,14H,8-10,17H2,1-3H3;1H. The summed E-state index contributed by atoms with van der Waals surface area (Å²) in [5.41, 5.74) is 5.94. The molecule has 1 aromatic rings. The number of ether oxygens (including phenoxy) is 1. The van der Waals surface area contributed by atoms with Gasteiger partial charge in [-0.25, -0.2) is 4.39 Å². The van der Waals surface area contributed by atoms with E-state index in [-0.39, 0.29) is 36.8 Å². The number of carbonyl (C=O) groups is 1. The zero-order chi connectivity index (χ0) is 15.1.